The van der Waals surface area contributed by atoms with Crippen molar-refractivity contribution in [2.45, 2.75) is 260 Å². The number of aliphatic hydroxyl groups excluding tert-OH is 3. The number of rotatable bonds is 61. The lowest BCUT2D eigenvalue weighted by Gasteiger charge is -2.34. The molecule has 3 unspecified atom stereocenters. The number of carbonyl (C=O) groups excluding carboxylic acids is 6. The molecule has 0 aromatic heterocycles. The molecule has 0 bridgehead atoms. The van der Waals surface area contributed by atoms with Gasteiger partial charge in [0.15, 0.2) is 0 Å². The predicted octanol–water partition coefficient (Wildman–Crippen LogP) is 11.9. The smallest absolute Gasteiger partial charge is 0.305 e. The first kappa shape index (κ1) is 84.5. The molecule has 1 heterocycles. The molecule has 522 valence electrons. The molecule has 3 atom stereocenters. The summed E-state index contributed by atoms with van der Waals surface area (Å²) in [7, 11) is 3.77. The largest absolute Gasteiger partial charge is 0.466 e. The lowest BCUT2D eigenvalue weighted by molar-refractivity contribution is -0.146. The lowest BCUT2D eigenvalue weighted by Crippen LogP contribution is -2.47. The van der Waals surface area contributed by atoms with Crippen molar-refractivity contribution in [3.8, 4) is 0 Å². The van der Waals surface area contributed by atoms with Gasteiger partial charge in [-0.2, -0.15) is 0 Å². The van der Waals surface area contributed by atoms with E-state index in [1.807, 2.05) is 26.5 Å². The predicted molar refractivity (Wildman–Crippen MR) is 362 cm³/mol. The molecule has 18 nitrogen and oxygen atoms in total. The van der Waals surface area contributed by atoms with Gasteiger partial charge in [0.2, 0.25) is 0 Å². The molecular formula is C69H130N4O14S2. The molecule has 0 saturated carbocycles. The molecular weight excluding hydrogens is 1170 g/mol. The number of Topliss-reactive ketones (excluding diaryl/α,β-unsaturated/α-hetero) is 1. The molecule has 1 aliphatic heterocycles. The third-order valence-electron chi connectivity index (χ3n) is 16.9. The van der Waals surface area contributed by atoms with Crippen LogP contribution in [0.15, 0.2) is 0 Å². The maximum Gasteiger partial charge on any atom is 0.305 e. The number of carbonyl (C=O) groups is 6. The minimum atomic E-state index is -0.695. The Morgan fingerprint density at radius 2 is 0.764 bits per heavy atom. The van der Waals surface area contributed by atoms with Gasteiger partial charge in [-0.3, -0.25) is 48.4 Å². The first-order valence-electron chi connectivity index (χ1n) is 35.3. The van der Waals surface area contributed by atoms with Crippen molar-refractivity contribution in [2.75, 3.05) is 123 Å². The van der Waals surface area contributed by atoms with Crippen molar-refractivity contribution in [1.82, 2.24) is 19.6 Å². The first-order valence-corrected chi connectivity index (χ1v) is 37.8. The van der Waals surface area contributed by atoms with Crippen LogP contribution in [-0.4, -0.2) is 212 Å². The molecule has 1 fully saturated rings. The van der Waals surface area contributed by atoms with E-state index >= 15 is 0 Å². The second kappa shape index (κ2) is 56.9. The molecule has 1 aliphatic rings. The van der Waals surface area contributed by atoms with E-state index in [9.17, 15) is 44.1 Å². The molecule has 89 heavy (non-hydrogen) atoms. The van der Waals surface area contributed by atoms with Crippen LogP contribution >= 0.6 is 21.6 Å². The summed E-state index contributed by atoms with van der Waals surface area (Å²) in [6, 6.07) is 0. The van der Waals surface area contributed by atoms with E-state index in [1.54, 1.807) is 0 Å². The van der Waals surface area contributed by atoms with Crippen LogP contribution in [0.1, 0.15) is 242 Å². The molecule has 20 heteroatoms. The Labute approximate surface area is 548 Å². The molecule has 1 rings (SSSR count). The number of unbranched alkanes of at least 4 members (excludes halogenated alkanes) is 8. The van der Waals surface area contributed by atoms with Crippen molar-refractivity contribution < 1.29 is 67.8 Å². The summed E-state index contributed by atoms with van der Waals surface area (Å²) in [6.07, 6.45) is 18.8. The zero-order valence-corrected chi connectivity index (χ0v) is 59.1. The third-order valence-corrected chi connectivity index (χ3v) is 19.3. The van der Waals surface area contributed by atoms with E-state index < -0.39 is 18.3 Å². The summed E-state index contributed by atoms with van der Waals surface area (Å²) in [5, 5.41) is 33.2. The van der Waals surface area contributed by atoms with E-state index in [0.29, 0.717) is 160 Å². The minimum Gasteiger partial charge on any atom is -0.466 e. The van der Waals surface area contributed by atoms with Crippen LogP contribution in [0.2, 0.25) is 0 Å². The summed E-state index contributed by atoms with van der Waals surface area (Å²) < 4.78 is 27.2. The number of hydrogen-bond donors (Lipinski definition) is 3. The van der Waals surface area contributed by atoms with Gasteiger partial charge in [-0.05, 0) is 114 Å². The zero-order chi connectivity index (χ0) is 65.7. The quantitative estimate of drug-likeness (QED) is 0.0223. The molecule has 1 saturated heterocycles. The second-order valence-electron chi connectivity index (χ2n) is 25.9. The summed E-state index contributed by atoms with van der Waals surface area (Å²) in [5.74, 6) is 2.80. The molecule has 0 aromatic carbocycles. The normalized spacial score (nSPS) is 14.3. The Balaban J connectivity index is 2.50. The van der Waals surface area contributed by atoms with E-state index in [4.69, 9.17) is 23.7 Å². The second-order valence-corrected chi connectivity index (χ2v) is 28.6. The van der Waals surface area contributed by atoms with Crippen LogP contribution in [-0.2, 0) is 52.5 Å². The summed E-state index contributed by atoms with van der Waals surface area (Å²) in [5.41, 5.74) is 0. The highest BCUT2D eigenvalue weighted by Crippen LogP contribution is 2.23. The van der Waals surface area contributed by atoms with Crippen LogP contribution < -0.4 is 0 Å². The van der Waals surface area contributed by atoms with Crippen molar-refractivity contribution in [2.24, 2.45) is 23.7 Å². The highest BCUT2D eigenvalue weighted by Gasteiger charge is 2.21. The number of ketones is 1. The third kappa shape index (κ3) is 51.5. The lowest BCUT2D eigenvalue weighted by atomic mass is 10.1. The van der Waals surface area contributed by atoms with Crippen LogP contribution in [0.4, 0.5) is 0 Å². The highest BCUT2D eigenvalue weighted by atomic mass is 33.1. The van der Waals surface area contributed by atoms with Gasteiger partial charge >= 0.3 is 29.8 Å². The topological polar surface area (TPSA) is 222 Å². The maximum absolute atomic E-state index is 13.2. The number of nitrogens with zero attached hydrogens (tertiary/aromatic N) is 4. The molecule has 3 N–H and O–H groups in total. The molecule has 0 amide bonds. The Morgan fingerprint density at radius 3 is 1.24 bits per heavy atom. The van der Waals surface area contributed by atoms with Gasteiger partial charge in [-0.25, -0.2) is 0 Å². The Bertz CT molecular complexity index is 1730. The highest BCUT2D eigenvalue weighted by molar-refractivity contribution is 8.76. The Kier molecular flexibility index (Phi) is 54.0. The number of piperazine rings is 1. The number of hydrogen-bond acceptors (Lipinski definition) is 20. The van der Waals surface area contributed by atoms with Gasteiger partial charge < -0.3 is 39.0 Å². The van der Waals surface area contributed by atoms with Gasteiger partial charge in [0.05, 0.1) is 51.3 Å². The van der Waals surface area contributed by atoms with Gasteiger partial charge in [0, 0.05) is 109 Å². The van der Waals surface area contributed by atoms with E-state index in [0.717, 1.165) is 147 Å². The molecule has 0 aliphatic carbocycles. The van der Waals surface area contributed by atoms with Crippen LogP contribution in [0.3, 0.4) is 0 Å². The molecule has 0 radical (unpaired) electrons. The molecule has 0 aromatic rings. The van der Waals surface area contributed by atoms with Crippen molar-refractivity contribution in [3.05, 3.63) is 0 Å². The summed E-state index contributed by atoms with van der Waals surface area (Å²) in [6.45, 7) is 27.1. The SMILES string of the molecule is CCC(CC)COC(=O)CCCCC(=O)CN(CCCC(=O)OCCN1CCN(CCSSCCCN(CC(O)CCCCCCC(=O)OCCC(C)C)CC(O)CCCCCCC(=O)OCCC(C)C)CC1)CC(O)CCCCC(=O)OCC(CC)CC. The fourth-order valence-corrected chi connectivity index (χ4v) is 12.6. The average molecular weight is 1300 g/mol. The van der Waals surface area contributed by atoms with Crippen LogP contribution in [0.5, 0.6) is 0 Å². The zero-order valence-electron chi connectivity index (χ0n) is 57.4. The maximum atomic E-state index is 13.2. The fraction of sp³-hybridized carbons (Fsp3) is 0.913. The number of ether oxygens (including phenoxy) is 5. The Hall–Kier alpha value is -2.56. The first-order chi connectivity index (χ1) is 42.8. The van der Waals surface area contributed by atoms with Gasteiger partial charge in [-0.15, -0.1) is 0 Å². The number of esters is 5. The van der Waals surface area contributed by atoms with Crippen LogP contribution in [0.25, 0.3) is 0 Å². The number of aliphatic hydroxyl groups is 3. The average Bonchev–Trinajstić information content (AvgIpc) is 3.60. The summed E-state index contributed by atoms with van der Waals surface area (Å²) in [4.78, 5) is 83.7. The van der Waals surface area contributed by atoms with Gasteiger partial charge in [0.1, 0.15) is 12.4 Å². The fourth-order valence-electron chi connectivity index (χ4n) is 10.5. The van der Waals surface area contributed by atoms with Gasteiger partial charge in [-0.1, -0.05) is 148 Å². The van der Waals surface area contributed by atoms with E-state index in [2.05, 4.69) is 70.1 Å². The van der Waals surface area contributed by atoms with Gasteiger partial charge in [0.25, 0.3) is 0 Å². The van der Waals surface area contributed by atoms with Crippen LogP contribution in [0, 0.1) is 23.7 Å². The monoisotopic (exact) mass is 1300 g/mol. The van der Waals surface area contributed by atoms with E-state index in [1.165, 1.54) is 0 Å². The Morgan fingerprint density at radius 1 is 0.404 bits per heavy atom. The van der Waals surface area contributed by atoms with Crippen molar-refractivity contribution in [3.63, 3.8) is 0 Å². The standard InChI is InChI=1S/C69H130N4O14S2/c1-9-59(10-2)55-86-68(81)33-23-21-29-63(76)51-72(52-64(77)30-22-24-34-69(82)87-56-60(11-3)12-4)38-25-35-67(80)85-48-44-70-40-42-71(43-41-70)45-50-89-88-49-26-39-73(53-61(74)27-17-13-15-19-31-65(78)83-46-36-57(5)6)54-62(75)28-18-14-16-20-32-66(79)84-47-37-58(7)8/h57-63,74-76H,9-56H2,1-8H3. The van der Waals surface area contributed by atoms with E-state index in [-0.39, 0.29) is 61.6 Å². The van der Waals surface area contributed by atoms with Crippen molar-refractivity contribution >= 4 is 57.2 Å². The molecule has 0 spiro atoms. The van der Waals surface area contributed by atoms with Crippen molar-refractivity contribution in [1.29, 1.82) is 0 Å². The minimum absolute atomic E-state index is 0.0231. The summed E-state index contributed by atoms with van der Waals surface area (Å²) >= 11 is 0.